The highest BCUT2D eigenvalue weighted by Crippen LogP contribution is 2.32. The van der Waals surface area contributed by atoms with E-state index in [4.69, 9.17) is 5.26 Å². The van der Waals surface area contributed by atoms with Crippen LogP contribution in [0.5, 0.6) is 0 Å². The van der Waals surface area contributed by atoms with Crippen LogP contribution in [0.1, 0.15) is 11.1 Å². The number of benzene rings is 1. The summed E-state index contributed by atoms with van der Waals surface area (Å²) in [4.78, 5) is 3.67. The van der Waals surface area contributed by atoms with Crippen molar-refractivity contribution in [1.29, 1.82) is 5.26 Å². The number of rotatable bonds is 1. The minimum Gasteiger partial charge on any atom is -0.349 e. The van der Waals surface area contributed by atoms with Gasteiger partial charge in [0.05, 0.1) is 11.1 Å². The first-order valence-corrected chi connectivity index (χ1v) is 6.42. The predicted molar refractivity (Wildman–Crippen MR) is 75.9 cm³/mol. The minimum absolute atomic E-state index is 0.386. The zero-order chi connectivity index (χ0) is 15.9. The number of halogens is 3. The van der Waals surface area contributed by atoms with E-state index in [1.807, 2.05) is 0 Å². The summed E-state index contributed by atoms with van der Waals surface area (Å²) >= 11 is 0. The lowest BCUT2D eigenvalue weighted by molar-refractivity contribution is -0.137. The Morgan fingerprint density at radius 3 is 2.59 bits per heavy atom. The van der Waals surface area contributed by atoms with Crippen molar-refractivity contribution >= 4 is 10.9 Å². The number of hydrogen-bond donors (Lipinski definition) is 0. The first-order chi connectivity index (χ1) is 10.4. The molecule has 0 radical (unpaired) electrons. The fourth-order valence-corrected chi connectivity index (χ4v) is 2.41. The van der Waals surface area contributed by atoms with Crippen LogP contribution >= 0.6 is 0 Å². The van der Waals surface area contributed by atoms with Crippen molar-refractivity contribution in [3.8, 4) is 17.2 Å². The maximum atomic E-state index is 12.8. The Hall–Kier alpha value is -2.81. The Labute approximate surface area is 124 Å². The predicted octanol–water partition coefficient (Wildman–Crippen LogP) is 4.13. The van der Waals surface area contributed by atoms with Crippen molar-refractivity contribution in [2.24, 2.45) is 7.05 Å². The molecule has 2 heterocycles. The summed E-state index contributed by atoms with van der Waals surface area (Å²) in [5, 5.41) is 9.83. The van der Waals surface area contributed by atoms with Gasteiger partial charge in [0.2, 0.25) is 0 Å². The molecule has 0 amide bonds. The van der Waals surface area contributed by atoms with Gasteiger partial charge in [0.15, 0.2) is 0 Å². The van der Waals surface area contributed by atoms with Crippen molar-refractivity contribution in [1.82, 2.24) is 9.55 Å². The second-order valence-corrected chi connectivity index (χ2v) is 4.96. The first kappa shape index (κ1) is 14.1. The molecule has 0 atom stereocenters. The van der Waals surface area contributed by atoms with E-state index in [1.54, 1.807) is 36.0 Å². The molecule has 0 saturated carbocycles. The number of hydrogen-bond acceptors (Lipinski definition) is 2. The molecule has 0 N–H and O–H groups in total. The van der Waals surface area contributed by atoms with Gasteiger partial charge in [-0.1, -0.05) is 12.1 Å². The van der Waals surface area contributed by atoms with Gasteiger partial charge in [-0.15, -0.1) is 0 Å². The van der Waals surface area contributed by atoms with Crippen LogP contribution in [0.15, 0.2) is 42.9 Å². The van der Waals surface area contributed by atoms with Gasteiger partial charge >= 0.3 is 6.18 Å². The van der Waals surface area contributed by atoms with Gasteiger partial charge in [0.1, 0.15) is 6.07 Å². The average molecular weight is 301 g/mol. The number of nitriles is 1. The number of pyridine rings is 1. The highest BCUT2D eigenvalue weighted by Gasteiger charge is 2.31. The molecule has 0 bridgehead atoms. The molecule has 0 unspecified atom stereocenters. The fraction of sp³-hybridized carbons (Fsp3) is 0.125. The van der Waals surface area contributed by atoms with Gasteiger partial charge in [0, 0.05) is 42.1 Å². The molecule has 0 aliphatic rings. The second kappa shape index (κ2) is 4.88. The van der Waals surface area contributed by atoms with Gasteiger partial charge in [-0.2, -0.15) is 18.4 Å². The van der Waals surface area contributed by atoms with Crippen LogP contribution in [-0.2, 0) is 13.2 Å². The maximum Gasteiger partial charge on any atom is 0.417 e. The molecule has 2 aromatic heterocycles. The monoisotopic (exact) mass is 301 g/mol. The molecule has 3 nitrogen and oxygen atoms in total. The maximum absolute atomic E-state index is 12.8. The summed E-state index contributed by atoms with van der Waals surface area (Å²) in [7, 11) is 1.79. The van der Waals surface area contributed by atoms with Gasteiger partial charge < -0.3 is 4.57 Å². The third-order valence-corrected chi connectivity index (χ3v) is 3.51. The summed E-state index contributed by atoms with van der Waals surface area (Å²) in [6.45, 7) is 0. The van der Waals surface area contributed by atoms with E-state index < -0.39 is 11.7 Å². The Morgan fingerprint density at radius 2 is 1.91 bits per heavy atom. The molecule has 3 rings (SSSR count). The third-order valence-electron chi connectivity index (χ3n) is 3.51. The molecule has 6 heteroatoms. The number of aromatic nitrogens is 2. The molecule has 0 spiro atoms. The van der Waals surface area contributed by atoms with Gasteiger partial charge in [-0.3, -0.25) is 4.98 Å². The second-order valence-electron chi connectivity index (χ2n) is 4.96. The van der Waals surface area contributed by atoms with E-state index in [1.165, 1.54) is 6.20 Å². The fourth-order valence-electron chi connectivity index (χ4n) is 2.41. The molecular weight excluding hydrogens is 291 g/mol. The number of fused-ring (bicyclic) bond motifs is 1. The highest BCUT2D eigenvalue weighted by molar-refractivity contribution is 5.90. The number of alkyl halides is 3. The smallest absolute Gasteiger partial charge is 0.349 e. The van der Waals surface area contributed by atoms with Crippen LogP contribution in [0.3, 0.4) is 0 Å². The summed E-state index contributed by atoms with van der Waals surface area (Å²) in [5.74, 6) is 0. The third kappa shape index (κ3) is 2.31. The van der Waals surface area contributed by atoms with E-state index in [0.29, 0.717) is 16.7 Å². The van der Waals surface area contributed by atoms with Gasteiger partial charge in [0.25, 0.3) is 0 Å². The Morgan fingerprint density at radius 1 is 1.14 bits per heavy atom. The van der Waals surface area contributed by atoms with Crippen molar-refractivity contribution in [2.75, 3.05) is 0 Å². The SMILES string of the molecule is Cn1cc(C#N)c2ccc(-c3cncc(C(F)(F)F)c3)cc21. The Kier molecular flexibility index (Phi) is 3.14. The zero-order valence-corrected chi connectivity index (χ0v) is 11.5. The summed E-state index contributed by atoms with van der Waals surface area (Å²) in [5.41, 5.74) is 1.54. The van der Waals surface area contributed by atoms with E-state index in [9.17, 15) is 13.2 Å². The van der Waals surface area contributed by atoms with Crippen LogP contribution in [0.4, 0.5) is 13.2 Å². The molecule has 3 aromatic rings. The highest BCUT2D eigenvalue weighted by atomic mass is 19.4. The first-order valence-electron chi connectivity index (χ1n) is 6.42. The minimum atomic E-state index is -4.42. The topological polar surface area (TPSA) is 41.6 Å². The van der Waals surface area contributed by atoms with Crippen LogP contribution in [0.2, 0.25) is 0 Å². The van der Waals surface area contributed by atoms with E-state index >= 15 is 0 Å². The van der Waals surface area contributed by atoms with Crippen molar-refractivity contribution in [3.05, 3.63) is 54.0 Å². The van der Waals surface area contributed by atoms with Crippen LogP contribution in [-0.4, -0.2) is 9.55 Å². The van der Waals surface area contributed by atoms with E-state index in [-0.39, 0.29) is 0 Å². The van der Waals surface area contributed by atoms with Gasteiger partial charge in [-0.25, -0.2) is 0 Å². The average Bonchev–Trinajstić information content (AvgIpc) is 2.82. The van der Waals surface area contributed by atoms with Crippen molar-refractivity contribution < 1.29 is 13.2 Å². The lowest BCUT2D eigenvalue weighted by Gasteiger charge is -2.08. The van der Waals surface area contributed by atoms with Crippen molar-refractivity contribution in [2.45, 2.75) is 6.18 Å². The molecule has 110 valence electrons. The molecule has 1 aromatic carbocycles. The standard InChI is InChI=1S/C16H10F3N3/c1-22-9-12(6-20)14-3-2-10(5-15(14)22)11-4-13(8-21-7-11)16(17,18)19/h2-5,7-9H,1H3. The summed E-state index contributed by atoms with van der Waals surface area (Å²) in [6, 6.07) is 8.36. The zero-order valence-electron chi connectivity index (χ0n) is 11.5. The van der Waals surface area contributed by atoms with Crippen LogP contribution in [0, 0.1) is 11.3 Å². The largest absolute Gasteiger partial charge is 0.417 e. The molecule has 0 aliphatic carbocycles. The molecule has 22 heavy (non-hydrogen) atoms. The quantitative estimate of drug-likeness (QED) is 0.678. The molecule has 0 fully saturated rings. The normalized spacial score (nSPS) is 11.6. The van der Waals surface area contributed by atoms with Crippen LogP contribution in [0.25, 0.3) is 22.0 Å². The summed E-state index contributed by atoms with van der Waals surface area (Å²) < 4.78 is 40.1. The lowest BCUT2D eigenvalue weighted by atomic mass is 10.0. The van der Waals surface area contributed by atoms with Gasteiger partial charge in [-0.05, 0) is 17.7 Å². The molecular formula is C16H10F3N3. The molecule has 0 aliphatic heterocycles. The Balaban J connectivity index is 2.15. The van der Waals surface area contributed by atoms with Crippen LogP contribution < -0.4 is 0 Å². The van der Waals surface area contributed by atoms with Crippen molar-refractivity contribution in [3.63, 3.8) is 0 Å². The number of aryl methyl sites for hydroxylation is 1. The molecule has 0 saturated heterocycles. The number of nitrogens with zero attached hydrogens (tertiary/aromatic N) is 3. The van der Waals surface area contributed by atoms with E-state index in [2.05, 4.69) is 11.1 Å². The Bertz CT molecular complexity index is 901. The lowest BCUT2D eigenvalue weighted by Crippen LogP contribution is -2.05. The summed E-state index contributed by atoms with van der Waals surface area (Å²) in [6.07, 6.45) is -0.534. The van der Waals surface area contributed by atoms with E-state index in [0.717, 1.165) is 23.2 Å².